The Morgan fingerprint density at radius 2 is 2.00 bits per heavy atom. The van der Waals surface area contributed by atoms with Crippen LogP contribution in [-0.2, 0) is 0 Å². The lowest BCUT2D eigenvalue weighted by Gasteiger charge is -2.09. The van der Waals surface area contributed by atoms with Gasteiger partial charge in [-0.25, -0.2) is 9.29 Å². The van der Waals surface area contributed by atoms with Crippen LogP contribution in [0.4, 0.5) is 0 Å². The molecule has 1 aromatic heterocycles. The molecule has 1 aliphatic rings. The number of nitrogens with zero attached hydrogens (tertiary/aromatic N) is 2. The minimum atomic E-state index is 1.12. The summed E-state index contributed by atoms with van der Waals surface area (Å²) in [6.07, 6.45) is 2.68. The van der Waals surface area contributed by atoms with Crippen molar-refractivity contribution in [3.63, 3.8) is 0 Å². The van der Waals surface area contributed by atoms with E-state index in [0.29, 0.717) is 0 Å². The summed E-state index contributed by atoms with van der Waals surface area (Å²) in [7, 11) is 3.64. The molecule has 16 heavy (non-hydrogen) atoms. The summed E-state index contributed by atoms with van der Waals surface area (Å²) in [4.78, 5) is 4.61. The SMILES string of the molecule is c1ccc2sc(SSN3CCCC3)nc2c1. The van der Waals surface area contributed by atoms with E-state index in [1.165, 1.54) is 30.6 Å². The van der Waals surface area contributed by atoms with Gasteiger partial charge in [0, 0.05) is 13.1 Å². The molecule has 0 saturated carbocycles. The molecule has 0 atom stereocenters. The molecule has 1 aromatic carbocycles. The largest absolute Gasteiger partial charge is 0.241 e. The van der Waals surface area contributed by atoms with Crippen molar-refractivity contribution < 1.29 is 0 Å². The quantitative estimate of drug-likeness (QED) is 0.616. The molecular formula is C11H12N2S3. The van der Waals surface area contributed by atoms with Gasteiger partial charge in [0.15, 0.2) is 4.34 Å². The maximum Gasteiger partial charge on any atom is 0.162 e. The highest BCUT2D eigenvalue weighted by atomic mass is 33.1. The summed E-state index contributed by atoms with van der Waals surface area (Å²) < 4.78 is 4.88. The van der Waals surface area contributed by atoms with Gasteiger partial charge in [0.05, 0.1) is 10.2 Å². The number of thiazole rings is 1. The molecule has 1 fully saturated rings. The van der Waals surface area contributed by atoms with Crippen LogP contribution >= 0.6 is 33.1 Å². The highest BCUT2D eigenvalue weighted by Crippen LogP contribution is 2.39. The van der Waals surface area contributed by atoms with Crippen molar-refractivity contribution in [1.82, 2.24) is 9.29 Å². The van der Waals surface area contributed by atoms with Gasteiger partial charge in [0.25, 0.3) is 0 Å². The molecule has 2 heterocycles. The molecular weight excluding hydrogens is 256 g/mol. The minimum absolute atomic E-state index is 1.12. The Kier molecular flexibility index (Phi) is 3.38. The Labute approximate surface area is 107 Å². The monoisotopic (exact) mass is 268 g/mol. The van der Waals surface area contributed by atoms with Crippen LogP contribution in [0, 0.1) is 0 Å². The molecule has 0 spiro atoms. The highest BCUT2D eigenvalue weighted by Gasteiger charge is 2.13. The van der Waals surface area contributed by atoms with Crippen molar-refractivity contribution in [3.05, 3.63) is 24.3 Å². The van der Waals surface area contributed by atoms with E-state index in [0.717, 1.165) is 9.86 Å². The smallest absolute Gasteiger partial charge is 0.162 e. The molecule has 0 aliphatic carbocycles. The third kappa shape index (κ3) is 2.37. The molecule has 1 aliphatic heterocycles. The van der Waals surface area contributed by atoms with Gasteiger partial charge in [-0.05, 0) is 46.7 Å². The van der Waals surface area contributed by atoms with Gasteiger partial charge < -0.3 is 0 Å². The zero-order valence-corrected chi connectivity index (χ0v) is 11.2. The minimum Gasteiger partial charge on any atom is -0.241 e. The predicted molar refractivity (Wildman–Crippen MR) is 73.9 cm³/mol. The summed E-state index contributed by atoms with van der Waals surface area (Å²) in [5.74, 6) is 0. The maximum atomic E-state index is 4.61. The molecule has 1 saturated heterocycles. The first-order valence-electron chi connectivity index (χ1n) is 5.37. The van der Waals surface area contributed by atoms with Gasteiger partial charge in [-0.1, -0.05) is 12.1 Å². The van der Waals surface area contributed by atoms with E-state index in [1.54, 1.807) is 22.1 Å². The summed E-state index contributed by atoms with van der Waals surface area (Å²) in [5, 5.41) is 0. The molecule has 0 N–H and O–H groups in total. The summed E-state index contributed by atoms with van der Waals surface area (Å²) in [5.41, 5.74) is 1.12. The average Bonchev–Trinajstić information content (AvgIpc) is 2.95. The molecule has 0 radical (unpaired) electrons. The maximum absolute atomic E-state index is 4.61. The second-order valence-electron chi connectivity index (χ2n) is 3.74. The lowest BCUT2D eigenvalue weighted by molar-refractivity contribution is 0.593. The van der Waals surface area contributed by atoms with E-state index in [4.69, 9.17) is 0 Å². The molecule has 0 amide bonds. The molecule has 84 valence electrons. The second-order valence-corrected chi connectivity index (χ2v) is 7.20. The predicted octanol–water partition coefficient (Wildman–Crippen LogP) is 4.05. The molecule has 0 unspecified atom stereocenters. The van der Waals surface area contributed by atoms with Crippen LogP contribution < -0.4 is 0 Å². The lowest BCUT2D eigenvalue weighted by Crippen LogP contribution is -2.06. The number of para-hydroxylation sites is 1. The van der Waals surface area contributed by atoms with Crippen molar-refractivity contribution in [2.75, 3.05) is 13.1 Å². The van der Waals surface area contributed by atoms with Crippen molar-refractivity contribution in [1.29, 1.82) is 0 Å². The van der Waals surface area contributed by atoms with Gasteiger partial charge in [-0.15, -0.1) is 11.3 Å². The Balaban J connectivity index is 1.69. The number of fused-ring (bicyclic) bond motifs is 1. The number of hydrogen-bond donors (Lipinski definition) is 0. The van der Waals surface area contributed by atoms with Crippen LogP contribution in [0.15, 0.2) is 28.6 Å². The summed E-state index contributed by atoms with van der Waals surface area (Å²) >= 11 is 1.78. The summed E-state index contributed by atoms with van der Waals surface area (Å²) in [6.45, 7) is 2.45. The number of benzene rings is 1. The third-order valence-corrected chi connectivity index (χ3v) is 6.41. The van der Waals surface area contributed by atoms with Gasteiger partial charge in [-0.2, -0.15) is 0 Å². The fourth-order valence-electron chi connectivity index (χ4n) is 1.73. The van der Waals surface area contributed by atoms with Crippen molar-refractivity contribution >= 4 is 43.3 Å². The van der Waals surface area contributed by atoms with Gasteiger partial charge >= 0.3 is 0 Å². The van der Waals surface area contributed by atoms with Crippen molar-refractivity contribution in [2.45, 2.75) is 17.2 Å². The van der Waals surface area contributed by atoms with Crippen LogP contribution in [0.5, 0.6) is 0 Å². The molecule has 2 aromatic rings. The lowest BCUT2D eigenvalue weighted by atomic mass is 10.3. The van der Waals surface area contributed by atoms with Gasteiger partial charge in [0.1, 0.15) is 0 Å². The van der Waals surface area contributed by atoms with E-state index in [-0.39, 0.29) is 0 Å². The van der Waals surface area contributed by atoms with Crippen LogP contribution in [0.2, 0.25) is 0 Å². The van der Waals surface area contributed by atoms with Gasteiger partial charge in [0.2, 0.25) is 0 Å². The van der Waals surface area contributed by atoms with Crippen LogP contribution in [0.25, 0.3) is 10.2 Å². The van der Waals surface area contributed by atoms with Crippen LogP contribution in [-0.4, -0.2) is 22.4 Å². The molecule has 5 heteroatoms. The molecule has 0 bridgehead atoms. The standard InChI is InChI=1S/C11H12N2S3/c1-2-6-10-9(5-1)12-11(14-10)15-16-13-7-3-4-8-13/h1-2,5-6H,3-4,7-8H2. The topological polar surface area (TPSA) is 16.1 Å². The zero-order chi connectivity index (χ0) is 10.8. The molecule has 2 nitrogen and oxygen atoms in total. The van der Waals surface area contributed by atoms with E-state index in [2.05, 4.69) is 27.5 Å². The van der Waals surface area contributed by atoms with E-state index >= 15 is 0 Å². The van der Waals surface area contributed by atoms with Crippen molar-refractivity contribution in [3.8, 4) is 0 Å². The number of hydrogen-bond acceptors (Lipinski definition) is 5. The third-order valence-electron chi connectivity index (χ3n) is 2.55. The Morgan fingerprint density at radius 1 is 1.19 bits per heavy atom. The van der Waals surface area contributed by atoms with E-state index < -0.39 is 0 Å². The van der Waals surface area contributed by atoms with E-state index in [9.17, 15) is 0 Å². The van der Waals surface area contributed by atoms with Crippen molar-refractivity contribution in [2.24, 2.45) is 0 Å². The normalized spacial score (nSPS) is 17.2. The Bertz CT molecular complexity index is 444. The average molecular weight is 268 g/mol. The first-order chi connectivity index (χ1) is 7.92. The van der Waals surface area contributed by atoms with E-state index in [1.807, 2.05) is 17.0 Å². The fourth-order valence-corrected chi connectivity index (χ4v) is 5.19. The first kappa shape index (κ1) is 10.9. The Morgan fingerprint density at radius 3 is 2.81 bits per heavy atom. The van der Waals surface area contributed by atoms with Crippen LogP contribution in [0.1, 0.15) is 12.8 Å². The number of aromatic nitrogens is 1. The van der Waals surface area contributed by atoms with Gasteiger partial charge in [-0.3, -0.25) is 0 Å². The first-order valence-corrected chi connectivity index (χ1v) is 8.29. The number of rotatable bonds is 3. The zero-order valence-electron chi connectivity index (χ0n) is 8.76. The fraction of sp³-hybridized carbons (Fsp3) is 0.364. The second kappa shape index (κ2) is 4.96. The van der Waals surface area contributed by atoms with Crippen LogP contribution in [0.3, 0.4) is 0 Å². The Hall–Kier alpha value is -0.230. The highest BCUT2D eigenvalue weighted by molar-refractivity contribution is 8.76. The summed E-state index contributed by atoms with van der Waals surface area (Å²) in [6, 6.07) is 8.33. The molecule has 3 rings (SSSR count).